The van der Waals surface area contributed by atoms with Crippen molar-refractivity contribution in [2.75, 3.05) is 7.11 Å². The lowest BCUT2D eigenvalue weighted by Crippen LogP contribution is -2.00. The second-order valence-electron chi connectivity index (χ2n) is 3.75. The van der Waals surface area contributed by atoms with Crippen molar-refractivity contribution in [2.24, 2.45) is 0 Å². The molecule has 7 heteroatoms. The van der Waals surface area contributed by atoms with Gasteiger partial charge in [0.05, 0.1) is 22.0 Å². The Morgan fingerprint density at radius 2 is 2.05 bits per heavy atom. The van der Waals surface area contributed by atoms with Crippen LogP contribution < -0.4 is 4.74 Å². The van der Waals surface area contributed by atoms with Gasteiger partial charge >= 0.3 is 0 Å². The highest BCUT2D eigenvalue weighted by Gasteiger charge is 2.14. The molecule has 0 atom stereocenters. The van der Waals surface area contributed by atoms with Gasteiger partial charge in [-0.1, -0.05) is 5.21 Å². The van der Waals surface area contributed by atoms with Crippen LogP contribution in [-0.2, 0) is 17.3 Å². The van der Waals surface area contributed by atoms with E-state index < -0.39 is 0 Å². The van der Waals surface area contributed by atoms with Gasteiger partial charge in [0, 0.05) is 33.3 Å². The Hall–Kier alpha value is -0.800. The number of methoxy groups -OCH3 is 1. The Morgan fingerprint density at radius 3 is 2.63 bits per heavy atom. The van der Waals surface area contributed by atoms with E-state index in [4.69, 9.17) is 8.92 Å². The molecular weight excluding hydrogens is 377 g/mol. The van der Waals surface area contributed by atoms with Gasteiger partial charge in [0.2, 0.25) is 0 Å². The topological polar surface area (TPSA) is 49.2 Å². The fourth-order valence-electron chi connectivity index (χ4n) is 1.81. The van der Waals surface area contributed by atoms with Crippen LogP contribution in [0.1, 0.15) is 12.6 Å². The summed E-state index contributed by atoms with van der Waals surface area (Å²) in [7, 11) is 2.95. The molecule has 0 saturated carbocycles. The summed E-state index contributed by atoms with van der Waals surface area (Å²) in [4.78, 5) is 0. The molecule has 0 saturated heterocycles. The number of benzene rings is 1. The number of hydrogen-bond acceptors (Lipinski definition) is 5. The SMILES string of the molecule is CCn1nnc(COSI)c1-c1ccc(OC)cc1. The number of aromatic nitrogens is 3. The molecule has 102 valence electrons. The maximum absolute atomic E-state index is 5.35. The molecular formula is C12H14IN3O2S. The monoisotopic (exact) mass is 391 g/mol. The van der Waals surface area contributed by atoms with E-state index >= 15 is 0 Å². The number of ether oxygens (including phenoxy) is 1. The fourth-order valence-corrected chi connectivity index (χ4v) is 2.35. The third-order valence-electron chi connectivity index (χ3n) is 2.71. The second kappa shape index (κ2) is 7.11. The lowest BCUT2D eigenvalue weighted by Gasteiger charge is -2.07. The van der Waals surface area contributed by atoms with Gasteiger partial charge in [0.1, 0.15) is 18.1 Å². The highest BCUT2D eigenvalue weighted by Crippen LogP contribution is 2.26. The first-order valence-corrected chi connectivity index (χ1v) is 9.05. The zero-order chi connectivity index (χ0) is 13.7. The first-order chi connectivity index (χ1) is 9.30. The molecule has 1 aromatic carbocycles. The zero-order valence-corrected chi connectivity index (χ0v) is 13.6. The summed E-state index contributed by atoms with van der Waals surface area (Å²) >= 11 is 2.09. The molecule has 0 fully saturated rings. The number of halogens is 1. The molecule has 0 amide bonds. The van der Waals surface area contributed by atoms with Crippen LogP contribution >= 0.6 is 30.4 Å². The minimum atomic E-state index is 0.439. The van der Waals surface area contributed by atoms with Crippen molar-refractivity contribution < 1.29 is 8.92 Å². The van der Waals surface area contributed by atoms with Crippen LogP contribution in [-0.4, -0.2) is 22.1 Å². The molecule has 0 aliphatic carbocycles. The average molecular weight is 391 g/mol. The number of rotatable bonds is 6. The van der Waals surface area contributed by atoms with Gasteiger partial charge < -0.3 is 4.74 Å². The van der Waals surface area contributed by atoms with Gasteiger partial charge in [0.25, 0.3) is 0 Å². The summed E-state index contributed by atoms with van der Waals surface area (Å²) in [5.41, 5.74) is 2.90. The Kier molecular flexibility index (Phi) is 5.46. The standard InChI is InChI=1S/C12H14IN3O2S/c1-3-16-12(11(14-15-16)8-18-19-13)9-4-6-10(17-2)7-5-9/h4-7H,3,8H2,1-2H3. The van der Waals surface area contributed by atoms with Crippen LogP contribution in [0.15, 0.2) is 24.3 Å². The largest absolute Gasteiger partial charge is 0.497 e. The molecule has 0 N–H and O–H groups in total. The predicted molar refractivity (Wildman–Crippen MR) is 84.1 cm³/mol. The van der Waals surface area contributed by atoms with E-state index in [9.17, 15) is 0 Å². The zero-order valence-electron chi connectivity index (χ0n) is 10.7. The van der Waals surface area contributed by atoms with Crippen LogP contribution in [0.4, 0.5) is 0 Å². The lowest BCUT2D eigenvalue weighted by molar-refractivity contribution is 0.365. The number of aryl methyl sites for hydroxylation is 1. The van der Waals surface area contributed by atoms with E-state index in [1.807, 2.05) is 35.9 Å². The van der Waals surface area contributed by atoms with Crippen molar-refractivity contribution in [3.63, 3.8) is 0 Å². The molecule has 1 heterocycles. The minimum Gasteiger partial charge on any atom is -0.497 e. The molecule has 0 aliphatic heterocycles. The Morgan fingerprint density at radius 1 is 1.32 bits per heavy atom. The fraction of sp³-hybridized carbons (Fsp3) is 0.333. The van der Waals surface area contributed by atoms with Gasteiger partial charge in [-0.2, -0.15) is 0 Å². The smallest absolute Gasteiger partial charge is 0.118 e. The first-order valence-electron chi connectivity index (χ1n) is 5.77. The summed E-state index contributed by atoms with van der Waals surface area (Å²) in [5.74, 6) is 0.833. The van der Waals surface area contributed by atoms with E-state index in [0.717, 1.165) is 29.2 Å². The van der Waals surface area contributed by atoms with Gasteiger partial charge in [-0.3, -0.25) is 4.18 Å². The van der Waals surface area contributed by atoms with E-state index in [1.54, 1.807) is 7.11 Å². The van der Waals surface area contributed by atoms with Crippen LogP contribution in [0.2, 0.25) is 0 Å². The van der Waals surface area contributed by atoms with Crippen molar-refractivity contribution in [3.8, 4) is 17.0 Å². The second-order valence-corrected chi connectivity index (χ2v) is 5.19. The average Bonchev–Trinajstić information content (AvgIpc) is 2.88. The summed E-state index contributed by atoms with van der Waals surface area (Å²) in [6.07, 6.45) is 0. The van der Waals surface area contributed by atoms with Crippen LogP contribution in [0.3, 0.4) is 0 Å². The highest BCUT2D eigenvalue weighted by molar-refractivity contribution is 14.2. The Labute approximate surface area is 128 Å². The molecule has 2 rings (SSSR count). The molecule has 2 aromatic rings. The molecule has 0 bridgehead atoms. The van der Waals surface area contributed by atoms with Crippen molar-refractivity contribution >= 4 is 30.4 Å². The summed E-state index contributed by atoms with van der Waals surface area (Å²) in [6, 6.07) is 7.87. The Bertz CT molecular complexity index is 530. The third-order valence-corrected chi connectivity index (χ3v) is 3.68. The molecule has 0 radical (unpaired) electrons. The third kappa shape index (κ3) is 3.40. The van der Waals surface area contributed by atoms with Crippen molar-refractivity contribution in [2.45, 2.75) is 20.1 Å². The van der Waals surface area contributed by atoms with Crippen LogP contribution in [0, 0.1) is 0 Å². The molecule has 0 unspecified atom stereocenters. The predicted octanol–water partition coefficient (Wildman–Crippen LogP) is 3.49. The summed E-state index contributed by atoms with van der Waals surface area (Å²) in [6.45, 7) is 3.25. The Balaban J connectivity index is 2.36. The molecule has 0 spiro atoms. The van der Waals surface area contributed by atoms with Crippen molar-refractivity contribution in [1.82, 2.24) is 15.0 Å². The van der Waals surface area contributed by atoms with E-state index in [-0.39, 0.29) is 0 Å². The minimum absolute atomic E-state index is 0.439. The maximum atomic E-state index is 5.35. The van der Waals surface area contributed by atoms with Crippen LogP contribution in [0.5, 0.6) is 5.75 Å². The van der Waals surface area contributed by atoms with Gasteiger partial charge in [-0.15, -0.1) is 5.10 Å². The van der Waals surface area contributed by atoms with Crippen molar-refractivity contribution in [1.29, 1.82) is 0 Å². The summed E-state index contributed by atoms with van der Waals surface area (Å²) < 4.78 is 12.4. The quantitative estimate of drug-likeness (QED) is 0.558. The van der Waals surface area contributed by atoms with E-state index in [1.165, 1.54) is 9.21 Å². The molecule has 0 aliphatic rings. The van der Waals surface area contributed by atoms with Crippen LogP contribution in [0.25, 0.3) is 11.3 Å². The normalized spacial score (nSPS) is 10.7. The maximum Gasteiger partial charge on any atom is 0.118 e. The summed E-state index contributed by atoms with van der Waals surface area (Å²) in [5, 5.41) is 8.33. The number of nitrogens with zero attached hydrogens (tertiary/aromatic N) is 3. The van der Waals surface area contributed by atoms with Gasteiger partial charge in [-0.25, -0.2) is 4.68 Å². The highest BCUT2D eigenvalue weighted by atomic mass is 127. The van der Waals surface area contributed by atoms with Gasteiger partial charge in [-0.05, 0) is 31.2 Å². The van der Waals surface area contributed by atoms with Gasteiger partial charge in [0.15, 0.2) is 0 Å². The van der Waals surface area contributed by atoms with E-state index in [0.29, 0.717) is 6.61 Å². The van der Waals surface area contributed by atoms with E-state index in [2.05, 4.69) is 31.5 Å². The molecule has 5 nitrogen and oxygen atoms in total. The number of hydrogen-bond donors (Lipinski definition) is 0. The first kappa shape index (κ1) is 14.6. The molecule has 19 heavy (non-hydrogen) atoms. The van der Waals surface area contributed by atoms with Crippen molar-refractivity contribution in [3.05, 3.63) is 30.0 Å². The lowest BCUT2D eigenvalue weighted by atomic mass is 10.1. The molecule has 1 aromatic heterocycles.